The lowest BCUT2D eigenvalue weighted by Crippen LogP contribution is -2.29. The fourth-order valence-electron chi connectivity index (χ4n) is 1.59. The fourth-order valence-corrected chi connectivity index (χ4v) is 1.73. The number of anilines is 1. The van der Waals surface area contributed by atoms with Crippen LogP contribution in [0.2, 0.25) is 5.15 Å². The van der Waals surface area contributed by atoms with Gasteiger partial charge >= 0.3 is 5.69 Å². The molecule has 18 heavy (non-hydrogen) atoms. The Balaban J connectivity index is 3.07. The first-order chi connectivity index (χ1) is 8.60. The molecule has 0 radical (unpaired) electrons. The van der Waals surface area contributed by atoms with Crippen LogP contribution in [0.15, 0.2) is 12.1 Å². The molecule has 0 spiro atoms. The summed E-state index contributed by atoms with van der Waals surface area (Å²) >= 11 is 5.78. The maximum atomic E-state index is 10.9. The van der Waals surface area contributed by atoms with Crippen LogP contribution in [0, 0.1) is 10.1 Å². The van der Waals surface area contributed by atoms with E-state index in [1.54, 1.807) is 4.90 Å². The number of aliphatic hydroxyl groups excluding tert-OH is 1. The Hall–Kier alpha value is -1.40. The zero-order valence-corrected chi connectivity index (χ0v) is 10.9. The highest BCUT2D eigenvalue weighted by atomic mass is 35.5. The topological polar surface area (TPSA) is 79.5 Å². The average Bonchev–Trinajstić information content (AvgIpc) is 2.34. The number of pyridine rings is 1. The van der Waals surface area contributed by atoms with Crippen LogP contribution in [0.3, 0.4) is 0 Å². The van der Waals surface area contributed by atoms with Gasteiger partial charge in [0.25, 0.3) is 0 Å². The highest BCUT2D eigenvalue weighted by Gasteiger charge is 2.21. The van der Waals surface area contributed by atoms with Crippen LogP contribution in [0.4, 0.5) is 11.5 Å². The van der Waals surface area contributed by atoms with E-state index in [0.29, 0.717) is 13.1 Å². The van der Waals surface area contributed by atoms with Crippen LogP contribution in [0.5, 0.6) is 0 Å². The molecule has 1 aromatic heterocycles. The summed E-state index contributed by atoms with van der Waals surface area (Å²) in [6, 6.07) is 2.72. The molecule has 0 unspecified atom stereocenters. The molecule has 7 heteroatoms. The van der Waals surface area contributed by atoms with Crippen molar-refractivity contribution < 1.29 is 10.0 Å². The van der Waals surface area contributed by atoms with Gasteiger partial charge in [0.2, 0.25) is 5.82 Å². The van der Waals surface area contributed by atoms with Gasteiger partial charge in [-0.25, -0.2) is 4.98 Å². The van der Waals surface area contributed by atoms with Crippen molar-refractivity contribution in [3.63, 3.8) is 0 Å². The summed E-state index contributed by atoms with van der Waals surface area (Å²) in [7, 11) is 0. The molecular weight excluding hydrogens is 258 g/mol. The van der Waals surface area contributed by atoms with Gasteiger partial charge < -0.3 is 10.0 Å². The molecule has 0 aliphatic heterocycles. The third-order valence-corrected chi connectivity index (χ3v) is 2.68. The van der Waals surface area contributed by atoms with Gasteiger partial charge in [0, 0.05) is 19.2 Å². The van der Waals surface area contributed by atoms with E-state index in [9.17, 15) is 10.1 Å². The smallest absolute Gasteiger partial charge is 0.311 e. The Morgan fingerprint density at radius 1 is 1.50 bits per heavy atom. The molecular formula is C11H16ClN3O3. The predicted octanol–water partition coefficient (Wildman–Crippen LogP) is 2.24. The second kappa shape index (κ2) is 7.13. The zero-order valence-electron chi connectivity index (χ0n) is 10.2. The Kier molecular flexibility index (Phi) is 5.80. The SMILES string of the molecule is CCCCN(CCO)c1nc(Cl)ccc1[N+](=O)[O-]. The molecule has 100 valence electrons. The second-order valence-corrected chi connectivity index (χ2v) is 4.19. The van der Waals surface area contributed by atoms with Crippen molar-refractivity contribution in [2.75, 3.05) is 24.6 Å². The normalized spacial score (nSPS) is 10.4. The monoisotopic (exact) mass is 273 g/mol. The van der Waals surface area contributed by atoms with Gasteiger partial charge in [-0.3, -0.25) is 10.1 Å². The van der Waals surface area contributed by atoms with Crippen molar-refractivity contribution in [1.29, 1.82) is 0 Å². The highest BCUT2D eigenvalue weighted by molar-refractivity contribution is 6.29. The van der Waals surface area contributed by atoms with Crippen LogP contribution in [-0.2, 0) is 0 Å². The van der Waals surface area contributed by atoms with Gasteiger partial charge in [0.15, 0.2) is 0 Å². The molecule has 1 aromatic rings. The van der Waals surface area contributed by atoms with Gasteiger partial charge in [-0.15, -0.1) is 0 Å². The van der Waals surface area contributed by atoms with Crippen molar-refractivity contribution in [3.05, 3.63) is 27.4 Å². The van der Waals surface area contributed by atoms with Crippen molar-refractivity contribution >= 4 is 23.1 Å². The number of hydrogen-bond donors (Lipinski definition) is 1. The summed E-state index contributed by atoms with van der Waals surface area (Å²) in [4.78, 5) is 16.2. The lowest BCUT2D eigenvalue weighted by atomic mass is 10.3. The third kappa shape index (κ3) is 3.82. The van der Waals surface area contributed by atoms with E-state index >= 15 is 0 Å². The molecule has 1 rings (SSSR count). The van der Waals surface area contributed by atoms with E-state index in [2.05, 4.69) is 4.98 Å². The van der Waals surface area contributed by atoms with Crippen LogP contribution in [0.1, 0.15) is 19.8 Å². The predicted molar refractivity (Wildman–Crippen MR) is 70.1 cm³/mol. The van der Waals surface area contributed by atoms with E-state index in [1.807, 2.05) is 6.92 Å². The number of rotatable bonds is 7. The van der Waals surface area contributed by atoms with E-state index in [-0.39, 0.29) is 23.3 Å². The molecule has 1 N–H and O–H groups in total. The summed E-state index contributed by atoms with van der Waals surface area (Å²) in [5.74, 6) is 0.218. The lowest BCUT2D eigenvalue weighted by molar-refractivity contribution is -0.384. The van der Waals surface area contributed by atoms with E-state index in [0.717, 1.165) is 12.8 Å². The molecule has 0 aromatic carbocycles. The van der Waals surface area contributed by atoms with Gasteiger partial charge in [-0.05, 0) is 12.5 Å². The van der Waals surface area contributed by atoms with Gasteiger partial charge in [-0.2, -0.15) is 0 Å². The second-order valence-electron chi connectivity index (χ2n) is 3.80. The molecule has 0 atom stereocenters. The van der Waals surface area contributed by atoms with Crippen LogP contribution in [0.25, 0.3) is 0 Å². The standard InChI is InChI=1S/C11H16ClN3O3/c1-2-3-6-14(7-8-16)11-9(15(17)18)4-5-10(12)13-11/h4-5,16H,2-3,6-8H2,1H3. The maximum absolute atomic E-state index is 10.9. The Morgan fingerprint density at radius 3 is 2.78 bits per heavy atom. The van der Waals surface area contributed by atoms with Crippen LogP contribution >= 0.6 is 11.6 Å². The van der Waals surface area contributed by atoms with Crippen molar-refractivity contribution in [3.8, 4) is 0 Å². The average molecular weight is 274 g/mol. The van der Waals surface area contributed by atoms with Gasteiger partial charge in [0.1, 0.15) is 5.15 Å². The molecule has 0 amide bonds. The summed E-state index contributed by atoms with van der Waals surface area (Å²) in [5, 5.41) is 20.2. The summed E-state index contributed by atoms with van der Waals surface area (Å²) in [6.45, 7) is 2.84. The zero-order chi connectivity index (χ0) is 13.5. The van der Waals surface area contributed by atoms with Crippen LogP contribution in [-0.4, -0.2) is 34.7 Å². The molecule has 1 heterocycles. The molecule has 0 aliphatic carbocycles. The van der Waals surface area contributed by atoms with Crippen LogP contribution < -0.4 is 4.90 Å². The largest absolute Gasteiger partial charge is 0.395 e. The number of aliphatic hydroxyl groups is 1. The lowest BCUT2D eigenvalue weighted by Gasteiger charge is -2.22. The minimum atomic E-state index is -0.491. The first-order valence-electron chi connectivity index (χ1n) is 5.77. The molecule has 0 fully saturated rings. The first kappa shape index (κ1) is 14.7. The Morgan fingerprint density at radius 2 is 2.22 bits per heavy atom. The number of unbranched alkanes of at least 4 members (excludes halogenated alkanes) is 1. The van der Waals surface area contributed by atoms with Crippen molar-refractivity contribution in [1.82, 2.24) is 4.98 Å². The van der Waals surface area contributed by atoms with Crippen molar-refractivity contribution in [2.45, 2.75) is 19.8 Å². The Bertz CT molecular complexity index is 415. The third-order valence-electron chi connectivity index (χ3n) is 2.47. The number of nitrogens with zero attached hydrogens (tertiary/aromatic N) is 3. The molecule has 0 bridgehead atoms. The fraction of sp³-hybridized carbons (Fsp3) is 0.545. The maximum Gasteiger partial charge on any atom is 0.311 e. The van der Waals surface area contributed by atoms with E-state index in [1.165, 1.54) is 12.1 Å². The number of aromatic nitrogens is 1. The summed E-state index contributed by atoms with van der Waals surface area (Å²) in [6.07, 6.45) is 1.82. The molecule has 0 aliphatic rings. The van der Waals surface area contributed by atoms with Crippen molar-refractivity contribution in [2.24, 2.45) is 0 Å². The highest BCUT2D eigenvalue weighted by Crippen LogP contribution is 2.27. The quantitative estimate of drug-likeness (QED) is 0.468. The summed E-state index contributed by atoms with van der Waals surface area (Å²) in [5.41, 5.74) is -0.0936. The number of nitro groups is 1. The summed E-state index contributed by atoms with van der Waals surface area (Å²) < 4.78 is 0. The van der Waals surface area contributed by atoms with E-state index in [4.69, 9.17) is 16.7 Å². The van der Waals surface area contributed by atoms with Gasteiger partial charge in [-0.1, -0.05) is 24.9 Å². The molecule has 6 nitrogen and oxygen atoms in total. The molecule has 0 saturated carbocycles. The van der Waals surface area contributed by atoms with E-state index < -0.39 is 4.92 Å². The van der Waals surface area contributed by atoms with Gasteiger partial charge in [0.05, 0.1) is 11.5 Å². The number of hydrogen-bond acceptors (Lipinski definition) is 5. The first-order valence-corrected chi connectivity index (χ1v) is 6.14. The minimum absolute atomic E-state index is 0.0882. The number of halogens is 1. The Labute approximate surface area is 110 Å². The molecule has 0 saturated heterocycles. The minimum Gasteiger partial charge on any atom is -0.395 e.